The van der Waals surface area contributed by atoms with E-state index >= 15 is 0 Å². The van der Waals surface area contributed by atoms with Crippen molar-refractivity contribution in [3.05, 3.63) is 53.6 Å². The van der Waals surface area contributed by atoms with E-state index in [1.54, 1.807) is 54.5 Å². The van der Waals surface area contributed by atoms with Crippen LogP contribution >= 0.6 is 11.6 Å². The van der Waals surface area contributed by atoms with Crippen LogP contribution in [0, 0.1) is 0 Å². The molecule has 1 heterocycles. The molecule has 0 spiro atoms. The second-order valence-corrected chi connectivity index (χ2v) is 6.05. The molecule has 0 radical (unpaired) electrons. The summed E-state index contributed by atoms with van der Waals surface area (Å²) in [5.41, 5.74) is 1.39. The fraction of sp³-hybridized carbons (Fsp3) is 0.222. The van der Waals surface area contributed by atoms with Gasteiger partial charge in [0.2, 0.25) is 5.91 Å². The Kier molecular flexibility index (Phi) is 5.09. The monoisotopic (exact) mass is 359 g/mol. The van der Waals surface area contributed by atoms with Crippen molar-refractivity contribution in [3.63, 3.8) is 0 Å². The van der Waals surface area contributed by atoms with Crippen LogP contribution in [0.25, 0.3) is 0 Å². The fourth-order valence-electron chi connectivity index (χ4n) is 2.66. The van der Waals surface area contributed by atoms with Gasteiger partial charge in [-0.15, -0.1) is 0 Å². The number of methoxy groups -OCH3 is 1. The van der Waals surface area contributed by atoms with Gasteiger partial charge in [-0.2, -0.15) is 0 Å². The molecule has 3 rings (SSSR count). The topological polar surface area (TPSA) is 61.9 Å². The molecule has 7 heteroatoms. The Labute approximate surface area is 150 Å². The summed E-state index contributed by atoms with van der Waals surface area (Å²) in [6.45, 7) is 1.01. The van der Waals surface area contributed by atoms with Crippen LogP contribution in [0.3, 0.4) is 0 Å². The number of halogens is 1. The van der Waals surface area contributed by atoms with Crippen molar-refractivity contribution in [2.75, 3.05) is 37.0 Å². The fourth-order valence-corrected chi connectivity index (χ4v) is 2.85. The zero-order chi connectivity index (χ0) is 17.8. The average molecular weight is 360 g/mol. The Morgan fingerprint density at radius 1 is 1.20 bits per heavy atom. The van der Waals surface area contributed by atoms with Gasteiger partial charge in [0.25, 0.3) is 0 Å². The minimum atomic E-state index is -0.244. The Morgan fingerprint density at radius 2 is 1.96 bits per heavy atom. The Hall–Kier alpha value is -2.73. The van der Waals surface area contributed by atoms with Crippen LogP contribution in [-0.4, -0.2) is 43.6 Å². The summed E-state index contributed by atoms with van der Waals surface area (Å²) in [6.07, 6.45) is 0. The molecule has 0 saturated carbocycles. The highest BCUT2D eigenvalue weighted by Crippen LogP contribution is 2.23. The zero-order valence-electron chi connectivity index (χ0n) is 13.7. The van der Waals surface area contributed by atoms with Gasteiger partial charge >= 0.3 is 6.03 Å². The van der Waals surface area contributed by atoms with E-state index in [1.165, 1.54) is 4.90 Å². The number of nitrogens with zero attached hydrogens (tertiary/aromatic N) is 2. The number of hydrogen-bond donors (Lipinski definition) is 1. The lowest BCUT2D eigenvalue weighted by Crippen LogP contribution is -2.37. The third-order valence-corrected chi connectivity index (χ3v) is 4.16. The number of hydrogen-bond acceptors (Lipinski definition) is 3. The zero-order valence-corrected chi connectivity index (χ0v) is 14.5. The molecule has 1 aliphatic rings. The first-order valence-electron chi connectivity index (χ1n) is 7.83. The maximum Gasteiger partial charge on any atom is 0.325 e. The Morgan fingerprint density at radius 3 is 2.64 bits per heavy atom. The van der Waals surface area contributed by atoms with E-state index < -0.39 is 0 Å². The van der Waals surface area contributed by atoms with Gasteiger partial charge in [0.15, 0.2) is 0 Å². The molecule has 0 aliphatic carbocycles. The predicted octanol–water partition coefficient (Wildman–Crippen LogP) is 3.23. The highest BCUT2D eigenvalue weighted by atomic mass is 35.5. The molecule has 3 amide bonds. The summed E-state index contributed by atoms with van der Waals surface area (Å²) in [6, 6.07) is 13.9. The number of benzene rings is 2. The van der Waals surface area contributed by atoms with E-state index in [4.69, 9.17) is 16.3 Å². The van der Waals surface area contributed by atoms with Gasteiger partial charge < -0.3 is 15.0 Å². The molecule has 1 saturated heterocycles. The molecule has 0 unspecified atom stereocenters. The van der Waals surface area contributed by atoms with E-state index in [1.807, 2.05) is 6.07 Å². The molecule has 2 aromatic rings. The van der Waals surface area contributed by atoms with Crippen molar-refractivity contribution in [1.82, 2.24) is 4.90 Å². The Bertz CT molecular complexity index is 779. The SMILES string of the molecule is COc1ccc(NC(=O)CN2CCN(c3cccc(Cl)c3)C2=O)cc1. The molecule has 25 heavy (non-hydrogen) atoms. The van der Waals surface area contributed by atoms with Gasteiger partial charge in [-0.25, -0.2) is 4.79 Å². The normalized spacial score (nSPS) is 13.9. The summed E-state index contributed by atoms with van der Waals surface area (Å²) in [5.74, 6) is 0.469. The molecule has 1 N–H and O–H groups in total. The lowest BCUT2D eigenvalue weighted by Gasteiger charge is -2.18. The molecular weight excluding hydrogens is 342 g/mol. The molecule has 6 nitrogen and oxygen atoms in total. The number of urea groups is 1. The minimum absolute atomic E-state index is 0.00191. The van der Waals surface area contributed by atoms with E-state index in [0.29, 0.717) is 29.5 Å². The molecule has 1 aliphatic heterocycles. The van der Waals surface area contributed by atoms with Crippen molar-refractivity contribution >= 4 is 34.9 Å². The molecular formula is C18H18ClN3O3. The highest BCUT2D eigenvalue weighted by Gasteiger charge is 2.30. The molecule has 130 valence electrons. The largest absolute Gasteiger partial charge is 0.497 e. The first kappa shape index (κ1) is 17.1. The number of anilines is 2. The van der Waals surface area contributed by atoms with Crippen LogP contribution in [-0.2, 0) is 4.79 Å². The lowest BCUT2D eigenvalue weighted by molar-refractivity contribution is -0.116. The molecule has 1 fully saturated rings. The van der Waals surface area contributed by atoms with Gasteiger partial charge in [0.1, 0.15) is 12.3 Å². The first-order valence-corrected chi connectivity index (χ1v) is 8.20. The van der Waals surface area contributed by atoms with Gasteiger partial charge in [-0.1, -0.05) is 17.7 Å². The number of carbonyl (C=O) groups excluding carboxylic acids is 2. The number of carbonyl (C=O) groups is 2. The van der Waals surface area contributed by atoms with E-state index in [-0.39, 0.29) is 18.5 Å². The third kappa shape index (κ3) is 4.03. The quantitative estimate of drug-likeness (QED) is 0.891. The molecule has 0 aromatic heterocycles. The average Bonchev–Trinajstić information content (AvgIpc) is 2.96. The summed E-state index contributed by atoms with van der Waals surface area (Å²) in [7, 11) is 1.58. The van der Waals surface area contributed by atoms with Crippen LogP contribution in [0.5, 0.6) is 5.75 Å². The standard InChI is InChI=1S/C18H18ClN3O3/c1-25-16-7-5-14(6-8-16)20-17(23)12-21-9-10-22(18(21)24)15-4-2-3-13(19)11-15/h2-8,11H,9-10,12H2,1H3,(H,20,23). The predicted molar refractivity (Wildman–Crippen MR) is 97.4 cm³/mol. The Balaban J connectivity index is 1.59. The van der Waals surface area contributed by atoms with Crippen molar-refractivity contribution in [2.45, 2.75) is 0 Å². The first-order chi connectivity index (χ1) is 12.1. The summed E-state index contributed by atoms with van der Waals surface area (Å²) >= 11 is 5.98. The number of rotatable bonds is 5. The van der Waals surface area contributed by atoms with Crippen molar-refractivity contribution < 1.29 is 14.3 Å². The van der Waals surface area contributed by atoms with E-state index in [2.05, 4.69) is 5.32 Å². The van der Waals surface area contributed by atoms with Gasteiger partial charge in [0.05, 0.1) is 7.11 Å². The second-order valence-electron chi connectivity index (χ2n) is 5.61. The van der Waals surface area contributed by atoms with Crippen LogP contribution in [0.2, 0.25) is 5.02 Å². The number of ether oxygens (including phenoxy) is 1. The number of nitrogens with one attached hydrogen (secondary N) is 1. The molecule has 2 aromatic carbocycles. The third-order valence-electron chi connectivity index (χ3n) is 3.92. The van der Waals surface area contributed by atoms with Crippen molar-refractivity contribution in [3.8, 4) is 5.75 Å². The maximum atomic E-state index is 12.5. The van der Waals surface area contributed by atoms with E-state index in [0.717, 1.165) is 5.69 Å². The minimum Gasteiger partial charge on any atom is -0.497 e. The van der Waals surface area contributed by atoms with Crippen LogP contribution in [0.4, 0.5) is 16.2 Å². The summed E-state index contributed by atoms with van der Waals surface area (Å²) in [4.78, 5) is 27.8. The van der Waals surface area contributed by atoms with Crippen LogP contribution < -0.4 is 15.0 Å². The molecule has 0 atom stereocenters. The van der Waals surface area contributed by atoms with Crippen molar-refractivity contribution in [1.29, 1.82) is 0 Å². The second kappa shape index (κ2) is 7.44. The van der Waals surface area contributed by atoms with Crippen molar-refractivity contribution in [2.24, 2.45) is 0 Å². The number of amides is 3. The van der Waals surface area contributed by atoms with Gasteiger partial charge in [-0.05, 0) is 42.5 Å². The highest BCUT2D eigenvalue weighted by molar-refractivity contribution is 6.30. The van der Waals surface area contributed by atoms with Crippen LogP contribution in [0.1, 0.15) is 0 Å². The smallest absolute Gasteiger partial charge is 0.325 e. The molecule has 0 bridgehead atoms. The maximum absolute atomic E-state index is 12.5. The summed E-state index contributed by atoms with van der Waals surface area (Å²) in [5, 5.41) is 3.35. The lowest BCUT2D eigenvalue weighted by atomic mass is 10.3. The van der Waals surface area contributed by atoms with E-state index in [9.17, 15) is 9.59 Å². The van der Waals surface area contributed by atoms with Gasteiger partial charge in [0, 0.05) is 29.5 Å². The van der Waals surface area contributed by atoms with Gasteiger partial charge in [-0.3, -0.25) is 9.69 Å². The van der Waals surface area contributed by atoms with Crippen LogP contribution in [0.15, 0.2) is 48.5 Å². The summed E-state index contributed by atoms with van der Waals surface area (Å²) < 4.78 is 5.08.